The van der Waals surface area contributed by atoms with Crippen LogP contribution in [0.25, 0.3) is 0 Å². The lowest BCUT2D eigenvalue weighted by molar-refractivity contribution is -0.127. The molecule has 1 aromatic rings. The van der Waals surface area contributed by atoms with Gasteiger partial charge in [-0.3, -0.25) is 9.48 Å². The molecule has 1 aromatic heterocycles. The fraction of sp³-hybridized carbons (Fsp3) is 0.737. The maximum atomic E-state index is 11.9. The number of rotatable bonds is 7. The monoisotopic (exact) mass is 490 g/mol. The van der Waals surface area contributed by atoms with Crippen molar-refractivity contribution in [1.29, 1.82) is 0 Å². The predicted octanol–water partition coefficient (Wildman–Crippen LogP) is 2.23. The molecular formula is C19H35IN6O. The van der Waals surface area contributed by atoms with Crippen molar-refractivity contribution in [2.24, 2.45) is 12.0 Å². The molecule has 0 bridgehead atoms. The highest BCUT2D eigenvalue weighted by Crippen LogP contribution is 2.18. The third-order valence-electron chi connectivity index (χ3n) is 5.02. The first-order chi connectivity index (χ1) is 12.5. The fourth-order valence-electron chi connectivity index (χ4n) is 3.46. The summed E-state index contributed by atoms with van der Waals surface area (Å²) in [6, 6.07) is 0.445. The van der Waals surface area contributed by atoms with Gasteiger partial charge >= 0.3 is 0 Å². The largest absolute Gasteiger partial charge is 0.354 e. The standard InChI is InChI=1S/C19H34N6O.HI/c1-6-16-15(17(7-2)25(5)23-16)12-20-19(21-13-18(26)24(3)4)22-14-10-8-9-11-14;/h14H,6-13H2,1-5H3,(H2,20,21,22);1H. The molecule has 2 rings (SSSR count). The maximum Gasteiger partial charge on any atom is 0.241 e. The van der Waals surface area contributed by atoms with Crippen LogP contribution < -0.4 is 10.6 Å². The lowest BCUT2D eigenvalue weighted by Crippen LogP contribution is -2.46. The molecule has 1 aliphatic carbocycles. The second-order valence-corrected chi connectivity index (χ2v) is 7.13. The highest BCUT2D eigenvalue weighted by molar-refractivity contribution is 14.0. The normalized spacial score (nSPS) is 14.8. The molecule has 27 heavy (non-hydrogen) atoms. The SMILES string of the molecule is CCc1nn(C)c(CC)c1CN=C(NCC(=O)N(C)C)NC1CCCC1.I. The minimum absolute atomic E-state index is 0. The number of hydrogen-bond acceptors (Lipinski definition) is 3. The van der Waals surface area contributed by atoms with E-state index in [2.05, 4.69) is 29.6 Å². The third-order valence-corrected chi connectivity index (χ3v) is 5.02. The van der Waals surface area contributed by atoms with Crippen LogP contribution in [0.15, 0.2) is 4.99 Å². The Balaban J connectivity index is 0.00000364. The first-order valence-electron chi connectivity index (χ1n) is 9.74. The summed E-state index contributed by atoms with van der Waals surface area (Å²) in [6.07, 6.45) is 6.67. The van der Waals surface area contributed by atoms with Gasteiger partial charge in [0.1, 0.15) is 0 Å². The Bertz CT molecular complexity index is 634. The average Bonchev–Trinajstić information content (AvgIpc) is 3.23. The van der Waals surface area contributed by atoms with Crippen molar-refractivity contribution in [3.8, 4) is 0 Å². The number of aliphatic imine (C=N–C) groups is 1. The minimum Gasteiger partial charge on any atom is -0.354 e. The summed E-state index contributed by atoms with van der Waals surface area (Å²) in [6.45, 7) is 5.11. The van der Waals surface area contributed by atoms with E-state index in [1.807, 2.05) is 11.7 Å². The van der Waals surface area contributed by atoms with Gasteiger partial charge in [-0.1, -0.05) is 26.7 Å². The lowest BCUT2D eigenvalue weighted by atomic mass is 10.1. The topological polar surface area (TPSA) is 74.5 Å². The second-order valence-electron chi connectivity index (χ2n) is 7.13. The summed E-state index contributed by atoms with van der Waals surface area (Å²) >= 11 is 0. The maximum absolute atomic E-state index is 11.9. The zero-order valence-corrected chi connectivity index (χ0v) is 19.7. The Morgan fingerprint density at radius 1 is 1.26 bits per heavy atom. The highest BCUT2D eigenvalue weighted by atomic mass is 127. The van der Waals surface area contributed by atoms with E-state index in [0.29, 0.717) is 12.6 Å². The summed E-state index contributed by atoms with van der Waals surface area (Å²) in [5.74, 6) is 0.760. The molecular weight excluding hydrogens is 455 g/mol. The molecule has 0 atom stereocenters. The molecule has 1 amide bonds. The summed E-state index contributed by atoms with van der Waals surface area (Å²) in [5, 5.41) is 11.3. The van der Waals surface area contributed by atoms with Gasteiger partial charge in [0, 0.05) is 38.4 Å². The molecule has 8 heteroatoms. The Labute approximate surface area is 180 Å². The van der Waals surface area contributed by atoms with Crippen LogP contribution in [0.4, 0.5) is 0 Å². The zero-order valence-electron chi connectivity index (χ0n) is 17.3. The molecule has 0 unspecified atom stereocenters. The van der Waals surface area contributed by atoms with Gasteiger partial charge in [0.05, 0.1) is 18.8 Å². The van der Waals surface area contributed by atoms with E-state index in [0.717, 1.165) is 37.3 Å². The summed E-state index contributed by atoms with van der Waals surface area (Å²) < 4.78 is 1.97. The van der Waals surface area contributed by atoms with E-state index in [9.17, 15) is 4.79 Å². The van der Waals surface area contributed by atoms with Crippen molar-refractivity contribution in [2.45, 2.75) is 65.0 Å². The Morgan fingerprint density at radius 2 is 1.93 bits per heavy atom. The zero-order chi connectivity index (χ0) is 19.1. The lowest BCUT2D eigenvalue weighted by Gasteiger charge is -2.18. The van der Waals surface area contributed by atoms with Gasteiger partial charge in [0.15, 0.2) is 5.96 Å². The van der Waals surface area contributed by atoms with Gasteiger partial charge < -0.3 is 15.5 Å². The number of amides is 1. The van der Waals surface area contributed by atoms with Crippen LogP contribution in [0.1, 0.15) is 56.5 Å². The number of likely N-dealkylation sites (N-methyl/N-ethyl adjacent to an activating group) is 1. The smallest absolute Gasteiger partial charge is 0.241 e. The molecule has 154 valence electrons. The molecule has 0 aliphatic heterocycles. The highest BCUT2D eigenvalue weighted by Gasteiger charge is 2.18. The van der Waals surface area contributed by atoms with Crippen LogP contribution in [0, 0.1) is 0 Å². The molecule has 0 radical (unpaired) electrons. The molecule has 7 nitrogen and oxygen atoms in total. The van der Waals surface area contributed by atoms with E-state index in [-0.39, 0.29) is 36.4 Å². The minimum atomic E-state index is 0. The van der Waals surface area contributed by atoms with Crippen LogP contribution in [0.2, 0.25) is 0 Å². The van der Waals surface area contributed by atoms with Gasteiger partial charge in [0.2, 0.25) is 5.91 Å². The molecule has 1 fully saturated rings. The number of hydrogen-bond donors (Lipinski definition) is 2. The van der Waals surface area contributed by atoms with Crippen LogP contribution in [0.3, 0.4) is 0 Å². The quantitative estimate of drug-likeness (QED) is 0.349. The molecule has 0 spiro atoms. The van der Waals surface area contributed by atoms with Crippen LogP contribution in [0.5, 0.6) is 0 Å². The van der Waals surface area contributed by atoms with Crippen molar-refractivity contribution in [1.82, 2.24) is 25.3 Å². The van der Waals surface area contributed by atoms with Crippen LogP contribution >= 0.6 is 24.0 Å². The van der Waals surface area contributed by atoms with Crippen LogP contribution in [-0.2, 0) is 31.2 Å². The van der Waals surface area contributed by atoms with Gasteiger partial charge in [-0.15, -0.1) is 24.0 Å². The van der Waals surface area contributed by atoms with Crippen molar-refractivity contribution < 1.29 is 4.79 Å². The average molecular weight is 490 g/mol. The van der Waals surface area contributed by atoms with E-state index in [1.54, 1.807) is 19.0 Å². The van der Waals surface area contributed by atoms with Gasteiger partial charge in [-0.2, -0.15) is 5.10 Å². The molecule has 1 saturated carbocycles. The van der Waals surface area contributed by atoms with Crippen molar-refractivity contribution in [3.05, 3.63) is 17.0 Å². The van der Waals surface area contributed by atoms with E-state index < -0.39 is 0 Å². The molecule has 0 aromatic carbocycles. The summed E-state index contributed by atoms with van der Waals surface area (Å²) in [4.78, 5) is 18.3. The number of carbonyl (C=O) groups excluding carboxylic acids is 1. The van der Waals surface area contributed by atoms with Gasteiger partial charge in [0.25, 0.3) is 0 Å². The summed E-state index contributed by atoms with van der Waals surface area (Å²) in [5.41, 5.74) is 3.55. The first-order valence-corrected chi connectivity index (χ1v) is 9.74. The van der Waals surface area contributed by atoms with Crippen LogP contribution in [-0.4, -0.2) is 53.2 Å². The number of aryl methyl sites for hydroxylation is 2. The molecule has 1 aliphatic rings. The Morgan fingerprint density at radius 3 is 2.48 bits per heavy atom. The number of carbonyl (C=O) groups is 1. The van der Waals surface area contributed by atoms with Gasteiger partial charge in [-0.05, 0) is 25.7 Å². The number of nitrogens with one attached hydrogen (secondary N) is 2. The second kappa shape index (κ2) is 11.5. The fourth-order valence-corrected chi connectivity index (χ4v) is 3.46. The van der Waals surface area contributed by atoms with Gasteiger partial charge in [-0.25, -0.2) is 4.99 Å². The molecule has 1 heterocycles. The number of halogens is 1. The number of aromatic nitrogens is 2. The van der Waals surface area contributed by atoms with E-state index in [1.165, 1.54) is 24.1 Å². The Kier molecular flexibility index (Phi) is 10.1. The van der Waals surface area contributed by atoms with E-state index >= 15 is 0 Å². The first kappa shape index (κ1) is 23.7. The van der Waals surface area contributed by atoms with Crippen molar-refractivity contribution >= 4 is 35.8 Å². The third kappa shape index (κ3) is 6.65. The van der Waals surface area contributed by atoms with E-state index in [4.69, 9.17) is 4.99 Å². The van der Waals surface area contributed by atoms with Crippen molar-refractivity contribution in [3.63, 3.8) is 0 Å². The molecule has 0 saturated heterocycles. The number of nitrogens with zero attached hydrogens (tertiary/aromatic N) is 4. The number of guanidine groups is 1. The van der Waals surface area contributed by atoms with Crippen molar-refractivity contribution in [2.75, 3.05) is 20.6 Å². The summed E-state index contributed by atoms with van der Waals surface area (Å²) in [7, 11) is 5.53. The predicted molar refractivity (Wildman–Crippen MR) is 121 cm³/mol. The molecule has 2 N–H and O–H groups in total. The Hall–Kier alpha value is -1.32.